The molecule has 0 saturated heterocycles. The van der Waals surface area contributed by atoms with Crippen molar-refractivity contribution in [1.29, 1.82) is 0 Å². The van der Waals surface area contributed by atoms with Gasteiger partial charge in [0.2, 0.25) is 5.91 Å². The number of rotatable bonds is 4. The first kappa shape index (κ1) is 16.4. The Morgan fingerprint density at radius 3 is 2.76 bits per heavy atom. The Kier molecular flexibility index (Phi) is 4.34. The van der Waals surface area contributed by atoms with Crippen molar-refractivity contribution in [3.63, 3.8) is 0 Å². The lowest BCUT2D eigenvalue weighted by Crippen LogP contribution is -2.28. The van der Waals surface area contributed by atoms with E-state index >= 15 is 0 Å². The second-order valence-corrected chi connectivity index (χ2v) is 5.44. The number of carbonyl (C=O) groups excluding carboxylic acids is 2. The molecule has 0 spiro atoms. The summed E-state index contributed by atoms with van der Waals surface area (Å²) in [6, 6.07) is 10.0. The molecule has 128 valence electrons. The van der Waals surface area contributed by atoms with E-state index in [0.29, 0.717) is 16.9 Å². The number of ether oxygens (including phenoxy) is 1. The van der Waals surface area contributed by atoms with E-state index in [-0.39, 0.29) is 6.54 Å². The molecule has 0 aliphatic rings. The molecule has 0 saturated carbocycles. The molecule has 3 aromatic rings. The summed E-state index contributed by atoms with van der Waals surface area (Å²) in [4.78, 5) is 36.1. The molecule has 0 unspecified atom stereocenters. The van der Waals surface area contributed by atoms with E-state index in [9.17, 15) is 14.4 Å². The molecule has 0 bridgehead atoms. The monoisotopic (exact) mass is 340 g/mol. The Morgan fingerprint density at radius 1 is 1.24 bits per heavy atom. The quantitative estimate of drug-likeness (QED) is 0.721. The largest absolute Gasteiger partial charge is 0.465 e. The average Bonchev–Trinajstić information content (AvgIpc) is 2.92. The maximum Gasteiger partial charge on any atom is 0.350 e. The standard InChI is InChI=1S/C17H16N4O4/c1-11-6-7-12(16(23)25-2)9-13(11)18-15(22)10-21-17(24)20-8-4-3-5-14(20)19-21/h3-9H,10H2,1-2H3,(H,18,22). The third-order valence-electron chi connectivity index (χ3n) is 3.71. The van der Waals surface area contributed by atoms with Crippen molar-refractivity contribution in [3.8, 4) is 0 Å². The smallest absolute Gasteiger partial charge is 0.350 e. The van der Waals surface area contributed by atoms with Crippen LogP contribution in [0.1, 0.15) is 15.9 Å². The zero-order chi connectivity index (χ0) is 18.0. The number of carbonyl (C=O) groups is 2. The lowest BCUT2D eigenvalue weighted by molar-refractivity contribution is -0.117. The summed E-state index contributed by atoms with van der Waals surface area (Å²) in [7, 11) is 1.29. The summed E-state index contributed by atoms with van der Waals surface area (Å²) in [5.74, 6) is -0.914. The molecule has 25 heavy (non-hydrogen) atoms. The van der Waals surface area contributed by atoms with E-state index in [2.05, 4.69) is 15.2 Å². The SMILES string of the molecule is COC(=O)c1ccc(C)c(NC(=O)Cn2nc3ccccn3c2=O)c1. The van der Waals surface area contributed by atoms with Crippen molar-refractivity contribution in [3.05, 3.63) is 64.2 Å². The van der Waals surface area contributed by atoms with Crippen molar-refractivity contribution in [2.45, 2.75) is 13.5 Å². The number of fused-ring (bicyclic) bond motifs is 1. The van der Waals surface area contributed by atoms with E-state index in [4.69, 9.17) is 0 Å². The van der Waals surface area contributed by atoms with E-state index in [0.717, 1.165) is 10.2 Å². The molecule has 2 heterocycles. The summed E-state index contributed by atoms with van der Waals surface area (Å²) >= 11 is 0. The number of esters is 1. The van der Waals surface area contributed by atoms with Gasteiger partial charge in [0.05, 0.1) is 12.7 Å². The fourth-order valence-corrected chi connectivity index (χ4v) is 2.40. The van der Waals surface area contributed by atoms with Crippen LogP contribution < -0.4 is 11.0 Å². The van der Waals surface area contributed by atoms with Gasteiger partial charge in [-0.15, -0.1) is 5.10 Å². The number of aryl methyl sites for hydroxylation is 1. The zero-order valence-electron chi connectivity index (χ0n) is 13.7. The summed E-state index contributed by atoms with van der Waals surface area (Å²) in [6.45, 7) is 1.57. The third-order valence-corrected chi connectivity index (χ3v) is 3.71. The molecular formula is C17H16N4O4. The van der Waals surface area contributed by atoms with Gasteiger partial charge in [-0.05, 0) is 36.8 Å². The maximum absolute atomic E-state index is 12.3. The Bertz CT molecular complexity index is 1020. The molecule has 2 aromatic heterocycles. The van der Waals surface area contributed by atoms with Crippen LogP contribution in [0, 0.1) is 6.92 Å². The van der Waals surface area contributed by atoms with Gasteiger partial charge in [-0.1, -0.05) is 12.1 Å². The van der Waals surface area contributed by atoms with Crippen molar-refractivity contribution in [2.75, 3.05) is 12.4 Å². The molecule has 8 nitrogen and oxygen atoms in total. The Morgan fingerprint density at radius 2 is 2.04 bits per heavy atom. The van der Waals surface area contributed by atoms with E-state index in [1.54, 1.807) is 43.5 Å². The molecule has 0 aliphatic carbocycles. The minimum absolute atomic E-state index is 0.234. The molecule has 1 aromatic carbocycles. The van der Waals surface area contributed by atoms with Crippen molar-refractivity contribution < 1.29 is 14.3 Å². The zero-order valence-corrected chi connectivity index (χ0v) is 13.7. The number of aromatic nitrogens is 3. The lowest BCUT2D eigenvalue weighted by Gasteiger charge is -2.09. The molecule has 8 heteroatoms. The third kappa shape index (κ3) is 3.27. The number of amides is 1. The summed E-state index contributed by atoms with van der Waals surface area (Å²) < 4.78 is 7.12. The molecule has 0 fully saturated rings. The van der Waals surface area contributed by atoms with Gasteiger partial charge in [0.1, 0.15) is 6.54 Å². The van der Waals surface area contributed by atoms with Crippen LogP contribution >= 0.6 is 0 Å². The predicted molar refractivity (Wildman–Crippen MR) is 90.6 cm³/mol. The highest BCUT2D eigenvalue weighted by Crippen LogP contribution is 2.17. The molecule has 0 atom stereocenters. The number of nitrogens with zero attached hydrogens (tertiary/aromatic N) is 3. The van der Waals surface area contributed by atoms with Crippen LogP contribution in [0.15, 0.2) is 47.4 Å². The molecule has 1 N–H and O–H groups in total. The molecule has 0 radical (unpaired) electrons. The van der Waals surface area contributed by atoms with Gasteiger partial charge in [-0.2, -0.15) is 0 Å². The minimum atomic E-state index is -0.493. The summed E-state index contributed by atoms with van der Waals surface area (Å²) in [5.41, 5.74) is 1.65. The molecule has 3 rings (SSSR count). The van der Waals surface area contributed by atoms with E-state index < -0.39 is 17.6 Å². The fourth-order valence-electron chi connectivity index (χ4n) is 2.40. The van der Waals surface area contributed by atoms with Gasteiger partial charge in [0, 0.05) is 11.9 Å². The van der Waals surface area contributed by atoms with Crippen molar-refractivity contribution in [2.24, 2.45) is 0 Å². The van der Waals surface area contributed by atoms with Gasteiger partial charge < -0.3 is 10.1 Å². The second-order valence-electron chi connectivity index (χ2n) is 5.44. The predicted octanol–water partition coefficient (Wildman–Crippen LogP) is 1.23. The first-order chi connectivity index (χ1) is 12.0. The number of methoxy groups -OCH3 is 1. The van der Waals surface area contributed by atoms with E-state index in [1.807, 2.05) is 0 Å². The molecule has 0 aliphatic heterocycles. The number of hydrogen-bond acceptors (Lipinski definition) is 5. The van der Waals surface area contributed by atoms with Crippen LogP contribution in [0.25, 0.3) is 5.65 Å². The maximum atomic E-state index is 12.3. The molecule has 1 amide bonds. The van der Waals surface area contributed by atoms with Crippen LogP contribution in [0.4, 0.5) is 5.69 Å². The van der Waals surface area contributed by atoms with Crippen molar-refractivity contribution >= 4 is 23.2 Å². The number of pyridine rings is 1. The Labute approximate surface area is 142 Å². The van der Waals surface area contributed by atoms with Crippen LogP contribution in [-0.4, -0.2) is 33.2 Å². The van der Waals surface area contributed by atoms with Crippen LogP contribution in [0.2, 0.25) is 0 Å². The topological polar surface area (TPSA) is 94.7 Å². The van der Waals surface area contributed by atoms with Crippen LogP contribution in [0.3, 0.4) is 0 Å². The fraction of sp³-hybridized carbons (Fsp3) is 0.176. The average molecular weight is 340 g/mol. The van der Waals surface area contributed by atoms with Gasteiger partial charge in [0.25, 0.3) is 0 Å². The number of anilines is 1. The van der Waals surface area contributed by atoms with Gasteiger partial charge >= 0.3 is 11.7 Å². The van der Waals surface area contributed by atoms with Gasteiger partial charge in [-0.25, -0.2) is 14.3 Å². The van der Waals surface area contributed by atoms with Crippen molar-refractivity contribution in [1.82, 2.24) is 14.2 Å². The second kappa shape index (κ2) is 6.60. The van der Waals surface area contributed by atoms with Gasteiger partial charge in [-0.3, -0.25) is 9.20 Å². The Balaban J connectivity index is 1.81. The number of benzene rings is 1. The van der Waals surface area contributed by atoms with Crippen LogP contribution in [0.5, 0.6) is 0 Å². The summed E-state index contributed by atoms with van der Waals surface area (Å²) in [6.07, 6.45) is 1.59. The Hall–Kier alpha value is -3.42. The highest BCUT2D eigenvalue weighted by molar-refractivity contribution is 5.95. The lowest BCUT2D eigenvalue weighted by atomic mass is 10.1. The first-order valence-electron chi connectivity index (χ1n) is 7.52. The molecular weight excluding hydrogens is 324 g/mol. The highest BCUT2D eigenvalue weighted by atomic mass is 16.5. The number of nitrogens with one attached hydrogen (secondary N) is 1. The van der Waals surface area contributed by atoms with Gasteiger partial charge in [0.15, 0.2) is 5.65 Å². The van der Waals surface area contributed by atoms with E-state index in [1.165, 1.54) is 17.6 Å². The number of hydrogen-bond donors (Lipinski definition) is 1. The normalized spacial score (nSPS) is 10.6. The first-order valence-corrected chi connectivity index (χ1v) is 7.52. The highest BCUT2D eigenvalue weighted by Gasteiger charge is 2.13. The minimum Gasteiger partial charge on any atom is -0.465 e. The summed E-state index contributed by atoms with van der Waals surface area (Å²) in [5, 5.41) is 6.80. The van der Waals surface area contributed by atoms with Crippen LogP contribution in [-0.2, 0) is 16.1 Å².